The van der Waals surface area contributed by atoms with Gasteiger partial charge in [-0.2, -0.15) is 9.78 Å². The number of benzene rings is 4. The number of hydrogen-bond acceptors (Lipinski definition) is 8. The molecule has 2 aromatic heterocycles. The second kappa shape index (κ2) is 12.8. The van der Waals surface area contributed by atoms with Gasteiger partial charge in [0.2, 0.25) is 5.82 Å². The maximum atomic E-state index is 13.7. The van der Waals surface area contributed by atoms with E-state index in [1.54, 1.807) is 48.5 Å². The molecule has 0 amide bonds. The molecule has 4 aromatic carbocycles. The molecule has 0 aliphatic carbocycles. The fourth-order valence-electron chi connectivity index (χ4n) is 4.65. The Morgan fingerprint density at radius 1 is 1.07 bits per heavy atom. The number of ether oxygens (including phenoxy) is 2. The standard InChI is InChI=1S/C32H21Br2ClN4O6/c1-2-43-26-15-20(28(34)29(35)30(26)44-17-18-6-5-7-22(12-18)39(41)42)16-36-38-31(37-24-9-4-3-8-23(24)32(38)40)27-14-19-13-21(33)10-11-25(19)45-27/h3-16H,2,17H2,1H3. The van der Waals surface area contributed by atoms with Crippen molar-refractivity contribution in [3.8, 4) is 23.1 Å². The number of nitro benzene ring substituents is 1. The van der Waals surface area contributed by atoms with E-state index in [1.165, 1.54) is 23.0 Å². The van der Waals surface area contributed by atoms with Gasteiger partial charge in [-0.15, -0.1) is 0 Å². The molecule has 0 atom stereocenters. The van der Waals surface area contributed by atoms with E-state index < -0.39 is 10.5 Å². The van der Waals surface area contributed by atoms with Crippen LogP contribution in [0.1, 0.15) is 18.1 Å². The molecule has 2 heterocycles. The molecule has 13 heteroatoms. The second-order valence-corrected chi connectivity index (χ2v) is 11.8. The number of nitrogens with zero attached hydrogens (tertiary/aromatic N) is 4. The summed E-state index contributed by atoms with van der Waals surface area (Å²) in [5.74, 6) is 1.14. The Bertz CT molecular complexity index is 2200. The minimum Gasteiger partial charge on any atom is -0.490 e. The Hall–Kier alpha value is -4.52. The first-order valence-corrected chi connectivity index (χ1v) is 15.5. The molecule has 0 aliphatic rings. The lowest BCUT2D eigenvalue weighted by atomic mass is 10.2. The number of aromatic nitrogens is 2. The lowest BCUT2D eigenvalue weighted by molar-refractivity contribution is -0.384. The number of rotatable bonds is 9. The van der Waals surface area contributed by atoms with Crippen LogP contribution in [0, 0.1) is 10.1 Å². The van der Waals surface area contributed by atoms with Crippen LogP contribution < -0.4 is 15.0 Å². The largest absolute Gasteiger partial charge is 0.490 e. The highest BCUT2D eigenvalue weighted by Crippen LogP contribution is 2.43. The molecule has 0 saturated heterocycles. The monoisotopic (exact) mass is 750 g/mol. The van der Waals surface area contributed by atoms with Gasteiger partial charge in [-0.1, -0.05) is 51.8 Å². The molecular weight excluding hydrogens is 732 g/mol. The van der Waals surface area contributed by atoms with Crippen molar-refractivity contribution in [1.82, 2.24) is 9.66 Å². The van der Waals surface area contributed by atoms with Gasteiger partial charge >= 0.3 is 0 Å². The van der Waals surface area contributed by atoms with Crippen LogP contribution in [-0.4, -0.2) is 27.4 Å². The van der Waals surface area contributed by atoms with E-state index in [0.717, 1.165) is 9.86 Å². The lowest BCUT2D eigenvalue weighted by Gasteiger charge is -2.16. The van der Waals surface area contributed by atoms with Crippen molar-refractivity contribution < 1.29 is 18.8 Å². The first-order chi connectivity index (χ1) is 21.7. The van der Waals surface area contributed by atoms with Crippen LogP contribution >= 0.6 is 43.5 Å². The van der Waals surface area contributed by atoms with Crippen molar-refractivity contribution >= 4 is 77.2 Å². The average molecular weight is 753 g/mol. The van der Waals surface area contributed by atoms with E-state index in [4.69, 9.17) is 30.5 Å². The molecule has 0 unspecified atom stereocenters. The van der Waals surface area contributed by atoms with Crippen molar-refractivity contribution in [3.05, 3.63) is 124 Å². The zero-order chi connectivity index (χ0) is 31.7. The van der Waals surface area contributed by atoms with Crippen LogP contribution in [0.3, 0.4) is 0 Å². The van der Waals surface area contributed by atoms with Gasteiger partial charge in [-0.05, 0) is 70.9 Å². The molecule has 0 radical (unpaired) electrons. The van der Waals surface area contributed by atoms with Gasteiger partial charge in [0.15, 0.2) is 17.3 Å². The van der Waals surface area contributed by atoms with Crippen LogP contribution in [0.5, 0.6) is 11.5 Å². The van der Waals surface area contributed by atoms with Crippen LogP contribution in [0.4, 0.5) is 5.69 Å². The Labute approximate surface area is 277 Å². The van der Waals surface area contributed by atoms with Crippen molar-refractivity contribution in [2.45, 2.75) is 13.5 Å². The topological polar surface area (TPSA) is 122 Å². The van der Waals surface area contributed by atoms with Gasteiger partial charge in [-0.3, -0.25) is 14.9 Å². The van der Waals surface area contributed by atoms with Crippen molar-refractivity contribution in [2.24, 2.45) is 5.10 Å². The highest BCUT2D eigenvalue weighted by atomic mass is 79.9. The highest BCUT2D eigenvalue weighted by Gasteiger charge is 2.20. The normalized spacial score (nSPS) is 11.5. The molecule has 10 nitrogen and oxygen atoms in total. The minimum atomic E-state index is -0.470. The second-order valence-electron chi connectivity index (χ2n) is 9.68. The summed E-state index contributed by atoms with van der Waals surface area (Å²) in [6.07, 6.45) is 1.46. The molecule has 45 heavy (non-hydrogen) atoms. The predicted molar refractivity (Wildman–Crippen MR) is 180 cm³/mol. The van der Waals surface area contributed by atoms with E-state index in [-0.39, 0.29) is 28.9 Å². The fourth-order valence-corrected chi connectivity index (χ4v) is 5.68. The molecule has 6 rings (SSSR count). The van der Waals surface area contributed by atoms with Crippen molar-refractivity contribution in [2.75, 3.05) is 6.61 Å². The number of hydrogen-bond donors (Lipinski definition) is 0. The number of fused-ring (bicyclic) bond motifs is 2. The molecule has 0 fully saturated rings. The molecule has 0 saturated carbocycles. The van der Waals surface area contributed by atoms with E-state index >= 15 is 0 Å². The summed E-state index contributed by atoms with van der Waals surface area (Å²) in [6, 6.07) is 22.2. The van der Waals surface area contributed by atoms with E-state index in [0.29, 0.717) is 50.2 Å². The lowest BCUT2D eigenvalue weighted by Crippen LogP contribution is -2.20. The Morgan fingerprint density at radius 2 is 1.89 bits per heavy atom. The third-order valence-corrected chi connectivity index (χ3v) is 8.66. The average Bonchev–Trinajstić information content (AvgIpc) is 3.46. The molecule has 0 bridgehead atoms. The summed E-state index contributed by atoms with van der Waals surface area (Å²) in [6.45, 7) is 2.13. The van der Waals surface area contributed by atoms with E-state index in [9.17, 15) is 14.9 Å². The van der Waals surface area contributed by atoms with Crippen LogP contribution in [-0.2, 0) is 6.61 Å². The van der Waals surface area contributed by atoms with Gasteiger partial charge in [-0.25, -0.2) is 4.98 Å². The summed E-state index contributed by atoms with van der Waals surface area (Å²) in [7, 11) is 0. The predicted octanol–water partition coefficient (Wildman–Crippen LogP) is 8.76. The van der Waals surface area contributed by atoms with E-state index in [2.05, 4.69) is 37.0 Å². The molecule has 0 spiro atoms. The first kappa shape index (κ1) is 30.5. The summed E-state index contributed by atoms with van der Waals surface area (Å²) in [5.41, 5.74) is 1.76. The van der Waals surface area contributed by atoms with Crippen molar-refractivity contribution in [3.63, 3.8) is 0 Å². The Kier molecular flexibility index (Phi) is 8.70. The molecule has 6 aromatic rings. The summed E-state index contributed by atoms with van der Waals surface area (Å²) >= 11 is 13.7. The molecule has 226 valence electrons. The van der Waals surface area contributed by atoms with Gasteiger partial charge < -0.3 is 13.9 Å². The number of para-hydroxylation sites is 1. The number of non-ortho nitro benzene ring substituents is 1. The van der Waals surface area contributed by atoms with Gasteiger partial charge in [0.1, 0.15) is 17.2 Å². The zero-order valence-electron chi connectivity index (χ0n) is 23.4. The third kappa shape index (κ3) is 6.21. The smallest absolute Gasteiger partial charge is 0.282 e. The molecule has 0 N–H and O–H groups in total. The van der Waals surface area contributed by atoms with Crippen molar-refractivity contribution in [1.29, 1.82) is 0 Å². The maximum absolute atomic E-state index is 13.7. The van der Waals surface area contributed by atoms with Gasteiger partial charge in [0.25, 0.3) is 11.2 Å². The van der Waals surface area contributed by atoms with Crippen LogP contribution in [0.15, 0.2) is 102 Å². The summed E-state index contributed by atoms with van der Waals surface area (Å²) < 4.78 is 20.4. The quantitative estimate of drug-likeness (QED) is 0.0823. The number of halogens is 3. The Morgan fingerprint density at radius 3 is 2.69 bits per heavy atom. The fraction of sp³-hybridized carbons (Fsp3) is 0.0938. The first-order valence-electron chi connectivity index (χ1n) is 13.5. The van der Waals surface area contributed by atoms with E-state index in [1.807, 2.05) is 25.1 Å². The highest BCUT2D eigenvalue weighted by molar-refractivity contribution is 9.10. The summed E-state index contributed by atoms with van der Waals surface area (Å²) in [5, 5.41) is 17.1. The van der Waals surface area contributed by atoms with Gasteiger partial charge in [0, 0.05) is 32.0 Å². The van der Waals surface area contributed by atoms with Gasteiger partial charge in [0.05, 0.1) is 28.6 Å². The zero-order valence-corrected chi connectivity index (χ0v) is 27.3. The third-order valence-electron chi connectivity index (χ3n) is 6.73. The maximum Gasteiger partial charge on any atom is 0.282 e. The number of nitro groups is 1. The molecular formula is C32H21Br2ClN4O6. The van der Waals surface area contributed by atoms with Crippen LogP contribution in [0.25, 0.3) is 33.5 Å². The molecule has 0 aliphatic heterocycles. The SMILES string of the molecule is CCOc1cc(C=Nn2c(-c3cc4cc(Br)ccc4o3)nc3ccccc3c2=O)c(Br)c(Cl)c1OCc1cccc([N+](=O)[O-])c1. The Balaban J connectivity index is 1.41. The number of furan rings is 1. The summed E-state index contributed by atoms with van der Waals surface area (Å²) in [4.78, 5) is 29.1. The van der Waals surface area contributed by atoms with Crippen LogP contribution in [0.2, 0.25) is 5.02 Å². The minimum absolute atomic E-state index is 0.0108.